The van der Waals surface area contributed by atoms with Gasteiger partial charge in [0.1, 0.15) is 11.6 Å². The fourth-order valence-electron chi connectivity index (χ4n) is 2.41. The van der Waals surface area contributed by atoms with Gasteiger partial charge in [0.15, 0.2) is 0 Å². The Labute approximate surface area is 117 Å². The first-order chi connectivity index (χ1) is 9.72. The molecule has 1 aliphatic rings. The standard InChI is InChI=1S/C15H17N3O2/c1-10-16-9-13(18-10)7-14(19)17-8-12-4-2-3-11-5-6-20-15(11)12/h2-4,9H,5-8H2,1H3,(H,16,18)(H,17,19). The first-order valence-corrected chi connectivity index (χ1v) is 6.73. The van der Waals surface area contributed by atoms with Gasteiger partial charge in [-0.1, -0.05) is 18.2 Å². The Morgan fingerprint density at radius 3 is 3.20 bits per heavy atom. The summed E-state index contributed by atoms with van der Waals surface area (Å²) < 4.78 is 5.62. The minimum Gasteiger partial charge on any atom is -0.493 e. The number of H-pyrrole nitrogens is 1. The van der Waals surface area contributed by atoms with E-state index in [9.17, 15) is 4.79 Å². The minimum atomic E-state index is -0.0238. The van der Waals surface area contributed by atoms with E-state index in [-0.39, 0.29) is 5.91 Å². The van der Waals surface area contributed by atoms with Crippen molar-refractivity contribution in [2.24, 2.45) is 0 Å². The fourth-order valence-corrected chi connectivity index (χ4v) is 2.41. The van der Waals surface area contributed by atoms with E-state index in [0.717, 1.165) is 35.9 Å². The van der Waals surface area contributed by atoms with Crippen molar-refractivity contribution in [1.82, 2.24) is 15.3 Å². The van der Waals surface area contributed by atoms with Gasteiger partial charge in [-0.3, -0.25) is 4.79 Å². The number of ether oxygens (including phenoxy) is 1. The molecule has 2 N–H and O–H groups in total. The Kier molecular flexibility index (Phi) is 3.41. The van der Waals surface area contributed by atoms with Gasteiger partial charge < -0.3 is 15.0 Å². The van der Waals surface area contributed by atoms with E-state index in [4.69, 9.17) is 4.74 Å². The number of aromatic nitrogens is 2. The molecule has 3 rings (SSSR count). The van der Waals surface area contributed by atoms with Crippen LogP contribution < -0.4 is 10.1 Å². The molecule has 0 atom stereocenters. The predicted octanol–water partition coefficient (Wildman–Crippen LogP) is 1.51. The number of hydrogen-bond acceptors (Lipinski definition) is 3. The molecule has 1 aromatic heterocycles. The number of carbonyl (C=O) groups is 1. The zero-order valence-electron chi connectivity index (χ0n) is 11.4. The number of amides is 1. The molecule has 2 aromatic rings. The van der Waals surface area contributed by atoms with Crippen molar-refractivity contribution in [1.29, 1.82) is 0 Å². The number of aryl methyl sites for hydroxylation is 1. The lowest BCUT2D eigenvalue weighted by molar-refractivity contribution is -0.120. The molecule has 0 fully saturated rings. The van der Waals surface area contributed by atoms with E-state index in [1.54, 1.807) is 6.20 Å². The summed E-state index contributed by atoms with van der Waals surface area (Å²) in [7, 11) is 0. The van der Waals surface area contributed by atoms with Crippen molar-refractivity contribution < 1.29 is 9.53 Å². The highest BCUT2D eigenvalue weighted by Crippen LogP contribution is 2.29. The van der Waals surface area contributed by atoms with E-state index < -0.39 is 0 Å². The van der Waals surface area contributed by atoms with Crippen LogP contribution in [0.2, 0.25) is 0 Å². The summed E-state index contributed by atoms with van der Waals surface area (Å²) in [5.41, 5.74) is 3.09. The van der Waals surface area contributed by atoms with Crippen molar-refractivity contribution in [2.45, 2.75) is 26.3 Å². The molecule has 0 radical (unpaired) electrons. The van der Waals surface area contributed by atoms with Crippen LogP contribution in [0, 0.1) is 6.92 Å². The zero-order valence-corrected chi connectivity index (χ0v) is 11.4. The molecule has 0 unspecified atom stereocenters. The van der Waals surface area contributed by atoms with Crippen molar-refractivity contribution in [2.75, 3.05) is 6.61 Å². The minimum absolute atomic E-state index is 0.0238. The number of benzene rings is 1. The SMILES string of the molecule is Cc1ncc(CC(=O)NCc2cccc3c2OCC3)[nH]1. The van der Waals surface area contributed by atoms with Crippen LogP contribution in [-0.2, 0) is 24.2 Å². The van der Waals surface area contributed by atoms with Gasteiger partial charge in [-0.25, -0.2) is 4.98 Å². The monoisotopic (exact) mass is 271 g/mol. The molecule has 20 heavy (non-hydrogen) atoms. The van der Waals surface area contributed by atoms with Gasteiger partial charge in [0.05, 0.1) is 13.0 Å². The van der Waals surface area contributed by atoms with Crippen LogP contribution in [0.25, 0.3) is 0 Å². The smallest absolute Gasteiger partial charge is 0.226 e. The molecule has 0 bridgehead atoms. The number of imidazole rings is 1. The Morgan fingerprint density at radius 1 is 1.50 bits per heavy atom. The normalized spacial score (nSPS) is 12.8. The molecule has 2 heterocycles. The van der Waals surface area contributed by atoms with E-state index in [2.05, 4.69) is 21.4 Å². The summed E-state index contributed by atoms with van der Waals surface area (Å²) >= 11 is 0. The van der Waals surface area contributed by atoms with Gasteiger partial charge in [-0.05, 0) is 12.5 Å². The van der Waals surface area contributed by atoms with E-state index in [0.29, 0.717) is 13.0 Å². The summed E-state index contributed by atoms with van der Waals surface area (Å²) in [4.78, 5) is 19.0. The molecule has 5 heteroatoms. The van der Waals surface area contributed by atoms with Crippen LogP contribution in [0.3, 0.4) is 0 Å². The number of hydrogen-bond donors (Lipinski definition) is 2. The second-order valence-electron chi connectivity index (χ2n) is 4.95. The summed E-state index contributed by atoms with van der Waals surface area (Å²) in [5, 5.41) is 2.92. The Bertz CT molecular complexity index is 634. The van der Waals surface area contributed by atoms with E-state index in [1.807, 2.05) is 19.1 Å². The molecule has 104 valence electrons. The molecular formula is C15H17N3O2. The maximum Gasteiger partial charge on any atom is 0.226 e. The van der Waals surface area contributed by atoms with Crippen molar-refractivity contribution >= 4 is 5.91 Å². The fraction of sp³-hybridized carbons (Fsp3) is 0.333. The first-order valence-electron chi connectivity index (χ1n) is 6.73. The van der Waals surface area contributed by atoms with Gasteiger partial charge >= 0.3 is 0 Å². The van der Waals surface area contributed by atoms with Crippen LogP contribution in [0.5, 0.6) is 5.75 Å². The summed E-state index contributed by atoms with van der Waals surface area (Å²) in [6.45, 7) is 3.09. The van der Waals surface area contributed by atoms with Crippen LogP contribution in [0.15, 0.2) is 24.4 Å². The number of fused-ring (bicyclic) bond motifs is 1. The number of para-hydroxylation sites is 1. The molecular weight excluding hydrogens is 254 g/mol. The third-order valence-corrected chi connectivity index (χ3v) is 3.38. The number of carbonyl (C=O) groups excluding carboxylic acids is 1. The lowest BCUT2D eigenvalue weighted by Crippen LogP contribution is -2.24. The van der Waals surface area contributed by atoms with Crippen LogP contribution >= 0.6 is 0 Å². The summed E-state index contributed by atoms with van der Waals surface area (Å²) in [6, 6.07) is 6.07. The number of nitrogens with one attached hydrogen (secondary N) is 2. The van der Waals surface area contributed by atoms with Gasteiger partial charge in [0.25, 0.3) is 0 Å². The second-order valence-corrected chi connectivity index (χ2v) is 4.95. The van der Waals surface area contributed by atoms with Crippen molar-refractivity contribution in [3.8, 4) is 5.75 Å². The lowest BCUT2D eigenvalue weighted by Gasteiger charge is -2.09. The molecule has 1 aliphatic heterocycles. The van der Waals surface area contributed by atoms with Crippen molar-refractivity contribution in [3.05, 3.63) is 47.0 Å². The topological polar surface area (TPSA) is 67.0 Å². The molecule has 0 saturated heterocycles. The van der Waals surface area contributed by atoms with Gasteiger partial charge in [0, 0.05) is 30.4 Å². The summed E-state index contributed by atoms with van der Waals surface area (Å²) in [6.07, 6.45) is 2.96. The zero-order chi connectivity index (χ0) is 13.9. The molecule has 1 amide bonds. The average Bonchev–Trinajstić information content (AvgIpc) is 3.05. The van der Waals surface area contributed by atoms with Gasteiger partial charge in [-0.2, -0.15) is 0 Å². The van der Waals surface area contributed by atoms with Crippen molar-refractivity contribution in [3.63, 3.8) is 0 Å². The van der Waals surface area contributed by atoms with E-state index in [1.165, 1.54) is 5.56 Å². The largest absolute Gasteiger partial charge is 0.493 e. The first kappa shape index (κ1) is 12.7. The third-order valence-electron chi connectivity index (χ3n) is 3.38. The van der Waals surface area contributed by atoms with Crippen LogP contribution in [0.1, 0.15) is 22.6 Å². The highest BCUT2D eigenvalue weighted by Gasteiger charge is 2.16. The molecule has 0 spiro atoms. The molecule has 5 nitrogen and oxygen atoms in total. The van der Waals surface area contributed by atoms with Gasteiger partial charge in [-0.15, -0.1) is 0 Å². The summed E-state index contributed by atoms with van der Waals surface area (Å²) in [5.74, 6) is 1.73. The second kappa shape index (κ2) is 5.36. The number of aromatic amines is 1. The molecule has 1 aromatic carbocycles. The van der Waals surface area contributed by atoms with E-state index >= 15 is 0 Å². The Morgan fingerprint density at radius 2 is 2.40 bits per heavy atom. The molecule has 0 saturated carbocycles. The quantitative estimate of drug-likeness (QED) is 0.885. The average molecular weight is 271 g/mol. The van der Waals surface area contributed by atoms with Crippen LogP contribution in [-0.4, -0.2) is 22.5 Å². The Hall–Kier alpha value is -2.30. The van der Waals surface area contributed by atoms with Gasteiger partial charge in [0.2, 0.25) is 5.91 Å². The predicted molar refractivity (Wildman–Crippen MR) is 74.5 cm³/mol. The Balaban J connectivity index is 1.60. The van der Waals surface area contributed by atoms with Crippen LogP contribution in [0.4, 0.5) is 0 Å². The third kappa shape index (κ3) is 2.66. The highest BCUT2D eigenvalue weighted by atomic mass is 16.5. The lowest BCUT2D eigenvalue weighted by atomic mass is 10.1. The maximum absolute atomic E-state index is 11.9. The molecule has 0 aliphatic carbocycles. The highest BCUT2D eigenvalue weighted by molar-refractivity contribution is 5.78. The number of nitrogens with zero attached hydrogens (tertiary/aromatic N) is 1. The number of rotatable bonds is 4. The maximum atomic E-state index is 11.9.